The zero-order valence-electron chi connectivity index (χ0n) is 11.9. The summed E-state index contributed by atoms with van der Waals surface area (Å²) >= 11 is 0. The zero-order chi connectivity index (χ0) is 15.2. The zero-order valence-corrected chi connectivity index (χ0v) is 12.7. The maximum Gasteiger partial charge on any atom is 0.387 e. The van der Waals surface area contributed by atoms with Crippen LogP contribution in [0.15, 0.2) is 24.3 Å². The average Bonchev–Trinajstić information content (AvgIpc) is 2.45. The predicted octanol–water partition coefficient (Wildman–Crippen LogP) is 3.31. The Bertz CT molecular complexity index is 445. The summed E-state index contributed by atoms with van der Waals surface area (Å²) in [6.07, 6.45) is -2.78. The molecule has 0 aromatic heterocycles. The summed E-state index contributed by atoms with van der Waals surface area (Å²) in [6, 6.07) is 5.54. The largest absolute Gasteiger partial charge is 0.435 e. The van der Waals surface area contributed by atoms with E-state index in [0.717, 1.165) is 13.1 Å². The quantitative estimate of drug-likeness (QED) is 0.803. The van der Waals surface area contributed by atoms with Crippen LogP contribution in [0.1, 0.15) is 18.0 Å². The first-order valence-corrected chi connectivity index (χ1v) is 6.84. The van der Waals surface area contributed by atoms with E-state index in [9.17, 15) is 17.6 Å². The number of piperazine rings is 1. The van der Waals surface area contributed by atoms with Gasteiger partial charge in [-0.05, 0) is 17.7 Å². The summed E-state index contributed by atoms with van der Waals surface area (Å²) in [5.74, 6) is -0.00287. The molecule has 1 aromatic carbocycles. The molecule has 0 bridgehead atoms. The monoisotopic (exact) mass is 342 g/mol. The van der Waals surface area contributed by atoms with E-state index >= 15 is 0 Å². The lowest BCUT2D eigenvalue weighted by molar-refractivity contribution is -0.0499. The van der Waals surface area contributed by atoms with Crippen LogP contribution >= 0.6 is 12.4 Å². The first-order chi connectivity index (χ1) is 10.1. The summed E-state index contributed by atoms with van der Waals surface area (Å²) < 4.78 is 54.5. The van der Waals surface area contributed by atoms with Gasteiger partial charge < -0.3 is 10.1 Å². The lowest BCUT2D eigenvalue weighted by Gasteiger charge is -2.35. The number of alkyl halides is 4. The Kier molecular flexibility index (Phi) is 7.92. The molecule has 1 aliphatic rings. The number of nitrogens with one attached hydrogen (secondary N) is 1. The van der Waals surface area contributed by atoms with Crippen molar-refractivity contribution in [1.29, 1.82) is 0 Å². The van der Waals surface area contributed by atoms with E-state index in [1.165, 1.54) is 12.1 Å². The van der Waals surface area contributed by atoms with E-state index in [1.807, 2.05) is 4.90 Å². The topological polar surface area (TPSA) is 24.5 Å². The molecule has 3 nitrogen and oxygen atoms in total. The summed E-state index contributed by atoms with van der Waals surface area (Å²) in [4.78, 5) is 1.95. The molecule has 1 N–H and O–H groups in total. The van der Waals surface area contributed by atoms with E-state index in [0.29, 0.717) is 18.7 Å². The van der Waals surface area contributed by atoms with Crippen molar-refractivity contribution in [3.8, 4) is 5.75 Å². The lowest BCUT2D eigenvalue weighted by atomic mass is 10.0. The number of halogens is 5. The van der Waals surface area contributed by atoms with Crippen LogP contribution in [0.3, 0.4) is 0 Å². The lowest BCUT2D eigenvalue weighted by Crippen LogP contribution is -2.45. The van der Waals surface area contributed by atoms with Crippen LogP contribution in [-0.4, -0.2) is 44.1 Å². The van der Waals surface area contributed by atoms with E-state index in [-0.39, 0.29) is 24.6 Å². The second kappa shape index (κ2) is 9.17. The highest BCUT2D eigenvalue weighted by Gasteiger charge is 2.25. The number of ether oxygens (including phenoxy) is 1. The number of benzene rings is 1. The molecular formula is C14H19ClF4N2O. The third-order valence-electron chi connectivity index (χ3n) is 3.46. The number of nitrogens with zero attached hydrogens (tertiary/aromatic N) is 1. The van der Waals surface area contributed by atoms with Gasteiger partial charge in [-0.3, -0.25) is 4.90 Å². The fourth-order valence-corrected chi connectivity index (χ4v) is 2.56. The van der Waals surface area contributed by atoms with Crippen molar-refractivity contribution >= 4 is 12.4 Å². The Morgan fingerprint density at radius 2 is 1.82 bits per heavy atom. The highest BCUT2D eigenvalue weighted by molar-refractivity contribution is 5.85. The summed E-state index contributed by atoms with van der Waals surface area (Å²) in [7, 11) is 0. The SMILES string of the molecule is Cl.FC(F)C[C@H](c1cccc(OC(F)F)c1)N1CCNCC1. The summed E-state index contributed by atoms with van der Waals surface area (Å²) in [5, 5.41) is 3.16. The maximum atomic E-state index is 12.8. The Labute approximate surface area is 133 Å². The minimum atomic E-state index is -2.92. The fourth-order valence-electron chi connectivity index (χ4n) is 2.56. The molecule has 0 radical (unpaired) electrons. The highest BCUT2D eigenvalue weighted by Crippen LogP contribution is 2.30. The van der Waals surface area contributed by atoms with Crippen molar-refractivity contribution in [2.75, 3.05) is 26.2 Å². The van der Waals surface area contributed by atoms with Crippen molar-refractivity contribution in [2.45, 2.75) is 25.5 Å². The van der Waals surface area contributed by atoms with Gasteiger partial charge in [0, 0.05) is 38.6 Å². The van der Waals surface area contributed by atoms with Gasteiger partial charge >= 0.3 is 6.61 Å². The molecule has 0 saturated carbocycles. The van der Waals surface area contributed by atoms with Gasteiger partial charge in [0.25, 0.3) is 0 Å². The molecule has 1 aliphatic heterocycles. The van der Waals surface area contributed by atoms with Crippen molar-refractivity contribution < 1.29 is 22.3 Å². The second-order valence-electron chi connectivity index (χ2n) is 4.88. The fraction of sp³-hybridized carbons (Fsp3) is 0.571. The van der Waals surface area contributed by atoms with Crippen LogP contribution in [0.2, 0.25) is 0 Å². The molecule has 1 aromatic rings. The Morgan fingerprint density at radius 1 is 1.14 bits per heavy atom. The van der Waals surface area contributed by atoms with Gasteiger partial charge in [-0.1, -0.05) is 12.1 Å². The molecule has 126 valence electrons. The smallest absolute Gasteiger partial charge is 0.387 e. The van der Waals surface area contributed by atoms with Gasteiger partial charge in [-0.25, -0.2) is 8.78 Å². The van der Waals surface area contributed by atoms with E-state index in [4.69, 9.17) is 0 Å². The summed E-state index contributed by atoms with van der Waals surface area (Å²) in [6.45, 7) is -0.165. The van der Waals surface area contributed by atoms with Gasteiger partial charge in [0.1, 0.15) is 5.75 Å². The minimum absolute atomic E-state index is 0. The van der Waals surface area contributed by atoms with Crippen LogP contribution in [-0.2, 0) is 0 Å². The van der Waals surface area contributed by atoms with Crippen LogP contribution in [0, 0.1) is 0 Å². The number of rotatable bonds is 6. The van der Waals surface area contributed by atoms with Gasteiger partial charge in [-0.15, -0.1) is 12.4 Å². The van der Waals surface area contributed by atoms with Crippen LogP contribution in [0.25, 0.3) is 0 Å². The second-order valence-corrected chi connectivity index (χ2v) is 4.88. The van der Waals surface area contributed by atoms with Crippen molar-refractivity contribution in [2.24, 2.45) is 0 Å². The predicted molar refractivity (Wildman–Crippen MR) is 78.1 cm³/mol. The van der Waals surface area contributed by atoms with E-state index in [2.05, 4.69) is 10.1 Å². The maximum absolute atomic E-state index is 12.8. The molecule has 0 aliphatic carbocycles. The molecule has 22 heavy (non-hydrogen) atoms. The van der Waals surface area contributed by atoms with E-state index < -0.39 is 19.1 Å². The number of hydrogen-bond acceptors (Lipinski definition) is 3. The van der Waals surface area contributed by atoms with Crippen molar-refractivity contribution in [1.82, 2.24) is 10.2 Å². The van der Waals surface area contributed by atoms with Gasteiger partial charge in [0.2, 0.25) is 6.43 Å². The standard InChI is InChI=1S/C14H18F4N2O.ClH/c15-13(16)9-12(20-6-4-19-5-7-20)10-2-1-3-11(8-10)21-14(17)18;/h1-3,8,12-14,19H,4-7,9H2;1H/t12-;/m1./s1. The first-order valence-electron chi connectivity index (χ1n) is 6.84. The molecule has 1 atom stereocenters. The Balaban J connectivity index is 0.00000242. The third-order valence-corrected chi connectivity index (χ3v) is 3.46. The molecular weight excluding hydrogens is 324 g/mol. The number of hydrogen-bond donors (Lipinski definition) is 1. The Morgan fingerprint density at radius 3 is 2.41 bits per heavy atom. The van der Waals surface area contributed by atoms with Crippen LogP contribution < -0.4 is 10.1 Å². The molecule has 0 unspecified atom stereocenters. The van der Waals surface area contributed by atoms with Gasteiger partial charge in [0.05, 0.1) is 0 Å². The molecule has 0 spiro atoms. The average molecular weight is 343 g/mol. The van der Waals surface area contributed by atoms with Gasteiger partial charge in [0.15, 0.2) is 0 Å². The van der Waals surface area contributed by atoms with Crippen molar-refractivity contribution in [3.05, 3.63) is 29.8 Å². The van der Waals surface area contributed by atoms with Crippen molar-refractivity contribution in [3.63, 3.8) is 0 Å². The van der Waals surface area contributed by atoms with Crippen LogP contribution in [0.5, 0.6) is 5.75 Å². The molecule has 8 heteroatoms. The highest BCUT2D eigenvalue weighted by atomic mass is 35.5. The summed E-state index contributed by atoms with van der Waals surface area (Å²) in [5.41, 5.74) is 0.579. The molecule has 0 amide bonds. The minimum Gasteiger partial charge on any atom is -0.435 e. The third kappa shape index (κ3) is 5.62. The molecule has 1 heterocycles. The Hall–Kier alpha value is -1.05. The van der Waals surface area contributed by atoms with E-state index in [1.54, 1.807) is 12.1 Å². The van der Waals surface area contributed by atoms with Gasteiger partial charge in [-0.2, -0.15) is 8.78 Å². The first kappa shape index (κ1) is 19.0. The molecule has 2 rings (SSSR count). The van der Waals surface area contributed by atoms with Crippen LogP contribution in [0.4, 0.5) is 17.6 Å². The molecule has 1 fully saturated rings. The molecule has 1 saturated heterocycles. The normalized spacial score (nSPS) is 17.4.